The molecule has 0 radical (unpaired) electrons. The molecule has 0 aromatic heterocycles. The van der Waals surface area contributed by atoms with Crippen LogP contribution >= 0.6 is 0 Å². The topological polar surface area (TPSA) is 39.7 Å². The van der Waals surface area contributed by atoms with Crippen LogP contribution in [0, 0.1) is 0 Å². The smallest absolute Gasteiger partial charge is 0.123 e. The monoisotopic (exact) mass is 291 g/mol. The minimum atomic E-state index is 0.0894. The van der Waals surface area contributed by atoms with Gasteiger partial charge < -0.3 is 19.5 Å². The summed E-state index contributed by atoms with van der Waals surface area (Å²) in [6.45, 7) is 1.71. The molecule has 1 aliphatic carbocycles. The van der Waals surface area contributed by atoms with E-state index < -0.39 is 0 Å². The van der Waals surface area contributed by atoms with E-state index in [2.05, 4.69) is 5.32 Å². The summed E-state index contributed by atoms with van der Waals surface area (Å²) in [6.07, 6.45) is 6.04. The Kier molecular flexibility index (Phi) is 4.36. The Balaban J connectivity index is 1.69. The van der Waals surface area contributed by atoms with Crippen LogP contribution in [0.15, 0.2) is 18.2 Å². The Labute approximate surface area is 126 Å². The molecule has 1 aromatic rings. The maximum atomic E-state index is 6.09. The standard InChI is InChI=1S/C17H25NO3/c1-19-14-6-7-15(20-2)13(11-14)12-18-16-5-3-8-17(16)9-4-10-21-17/h6-7,11,16,18H,3-5,8-10,12H2,1-2H3. The van der Waals surface area contributed by atoms with Crippen molar-refractivity contribution in [2.45, 2.75) is 50.3 Å². The van der Waals surface area contributed by atoms with Gasteiger partial charge in [0.15, 0.2) is 0 Å². The van der Waals surface area contributed by atoms with E-state index in [1.54, 1.807) is 14.2 Å². The Bertz CT molecular complexity index is 477. The molecule has 0 amide bonds. The third-order valence-electron chi connectivity index (χ3n) is 4.89. The van der Waals surface area contributed by atoms with E-state index in [9.17, 15) is 0 Å². The zero-order chi connectivity index (χ0) is 14.7. The Morgan fingerprint density at radius 3 is 2.81 bits per heavy atom. The minimum Gasteiger partial charge on any atom is -0.497 e. The van der Waals surface area contributed by atoms with Gasteiger partial charge in [-0.15, -0.1) is 0 Å². The number of nitrogens with one attached hydrogen (secondary N) is 1. The quantitative estimate of drug-likeness (QED) is 0.905. The van der Waals surface area contributed by atoms with Crippen LogP contribution in [0.5, 0.6) is 11.5 Å². The van der Waals surface area contributed by atoms with Gasteiger partial charge in [-0.1, -0.05) is 0 Å². The predicted molar refractivity (Wildman–Crippen MR) is 81.9 cm³/mol. The van der Waals surface area contributed by atoms with E-state index in [1.165, 1.54) is 32.1 Å². The lowest BCUT2D eigenvalue weighted by molar-refractivity contribution is -0.0115. The first-order chi connectivity index (χ1) is 10.3. The molecular weight excluding hydrogens is 266 g/mol. The van der Waals surface area contributed by atoms with Crippen LogP contribution in [0.3, 0.4) is 0 Å². The van der Waals surface area contributed by atoms with Gasteiger partial charge in [0, 0.05) is 24.8 Å². The molecule has 1 heterocycles. The van der Waals surface area contributed by atoms with Gasteiger partial charge in [0.2, 0.25) is 0 Å². The van der Waals surface area contributed by atoms with Crippen LogP contribution < -0.4 is 14.8 Å². The molecule has 1 spiro atoms. The lowest BCUT2D eigenvalue weighted by atomic mass is 9.94. The molecule has 4 nitrogen and oxygen atoms in total. The van der Waals surface area contributed by atoms with Gasteiger partial charge in [-0.25, -0.2) is 0 Å². The molecule has 3 rings (SSSR count). The van der Waals surface area contributed by atoms with E-state index in [-0.39, 0.29) is 5.60 Å². The fourth-order valence-electron chi connectivity index (χ4n) is 3.77. The third kappa shape index (κ3) is 2.87. The van der Waals surface area contributed by atoms with Gasteiger partial charge in [-0.05, 0) is 50.3 Å². The molecule has 1 aliphatic heterocycles. The highest BCUT2D eigenvalue weighted by Crippen LogP contribution is 2.41. The third-order valence-corrected chi connectivity index (χ3v) is 4.89. The van der Waals surface area contributed by atoms with Crippen LogP contribution in [-0.2, 0) is 11.3 Å². The van der Waals surface area contributed by atoms with Crippen molar-refractivity contribution >= 4 is 0 Å². The Hall–Kier alpha value is -1.26. The second-order valence-electron chi connectivity index (χ2n) is 6.02. The SMILES string of the molecule is COc1ccc(OC)c(CNC2CCCC23CCCO3)c1. The lowest BCUT2D eigenvalue weighted by Gasteiger charge is -2.31. The minimum absolute atomic E-state index is 0.0894. The normalized spacial score (nSPS) is 28.2. The first-order valence-corrected chi connectivity index (χ1v) is 7.86. The van der Waals surface area contributed by atoms with Gasteiger partial charge in [0.1, 0.15) is 11.5 Å². The zero-order valence-electron chi connectivity index (χ0n) is 13.0. The molecule has 1 saturated carbocycles. The summed E-state index contributed by atoms with van der Waals surface area (Å²) in [5.41, 5.74) is 1.23. The largest absolute Gasteiger partial charge is 0.497 e. The Morgan fingerprint density at radius 1 is 1.24 bits per heavy atom. The van der Waals surface area contributed by atoms with Crippen molar-refractivity contribution in [3.63, 3.8) is 0 Å². The zero-order valence-corrected chi connectivity index (χ0v) is 13.0. The van der Waals surface area contributed by atoms with Gasteiger partial charge in [0.25, 0.3) is 0 Å². The van der Waals surface area contributed by atoms with Crippen molar-refractivity contribution in [2.24, 2.45) is 0 Å². The van der Waals surface area contributed by atoms with Crippen LogP contribution in [-0.4, -0.2) is 32.5 Å². The predicted octanol–water partition coefficient (Wildman–Crippen LogP) is 2.90. The molecule has 4 heteroatoms. The van der Waals surface area contributed by atoms with Crippen molar-refractivity contribution in [1.29, 1.82) is 0 Å². The van der Waals surface area contributed by atoms with Crippen LogP contribution in [0.4, 0.5) is 0 Å². The fraction of sp³-hybridized carbons (Fsp3) is 0.647. The molecule has 2 aliphatic rings. The molecular formula is C17H25NO3. The van der Waals surface area contributed by atoms with Crippen LogP contribution in [0.2, 0.25) is 0 Å². The summed E-state index contributed by atoms with van der Waals surface area (Å²) in [5.74, 6) is 1.77. The number of hydrogen-bond acceptors (Lipinski definition) is 4. The maximum Gasteiger partial charge on any atom is 0.123 e. The van der Waals surface area contributed by atoms with Crippen molar-refractivity contribution < 1.29 is 14.2 Å². The average Bonchev–Trinajstić information content (AvgIpc) is 3.15. The van der Waals surface area contributed by atoms with Gasteiger partial charge in [-0.2, -0.15) is 0 Å². The first-order valence-electron chi connectivity index (χ1n) is 7.86. The van der Waals surface area contributed by atoms with Crippen molar-refractivity contribution in [2.75, 3.05) is 20.8 Å². The maximum absolute atomic E-state index is 6.09. The van der Waals surface area contributed by atoms with Crippen molar-refractivity contribution in [1.82, 2.24) is 5.32 Å². The average molecular weight is 291 g/mol. The molecule has 2 fully saturated rings. The van der Waals surface area contributed by atoms with Gasteiger partial charge in [-0.3, -0.25) is 0 Å². The lowest BCUT2D eigenvalue weighted by Crippen LogP contribution is -2.46. The number of hydrogen-bond donors (Lipinski definition) is 1. The van der Waals surface area contributed by atoms with E-state index in [4.69, 9.17) is 14.2 Å². The highest BCUT2D eigenvalue weighted by molar-refractivity contribution is 5.40. The van der Waals surface area contributed by atoms with E-state index >= 15 is 0 Å². The number of benzene rings is 1. The fourth-order valence-corrected chi connectivity index (χ4v) is 3.77. The summed E-state index contributed by atoms with van der Waals surface area (Å²) >= 11 is 0. The Morgan fingerprint density at radius 2 is 2.10 bits per heavy atom. The highest BCUT2D eigenvalue weighted by Gasteiger charge is 2.45. The molecule has 0 bridgehead atoms. The molecule has 2 atom stereocenters. The van der Waals surface area contributed by atoms with Crippen LogP contribution in [0.25, 0.3) is 0 Å². The van der Waals surface area contributed by atoms with Crippen molar-refractivity contribution in [3.8, 4) is 11.5 Å². The molecule has 21 heavy (non-hydrogen) atoms. The summed E-state index contributed by atoms with van der Waals surface area (Å²) in [4.78, 5) is 0. The second-order valence-corrected chi connectivity index (χ2v) is 6.02. The summed E-state index contributed by atoms with van der Waals surface area (Å²) in [6, 6.07) is 6.39. The molecule has 1 aromatic carbocycles. The van der Waals surface area contributed by atoms with Crippen molar-refractivity contribution in [3.05, 3.63) is 23.8 Å². The summed E-state index contributed by atoms with van der Waals surface area (Å²) in [7, 11) is 3.40. The molecule has 1 saturated heterocycles. The van der Waals surface area contributed by atoms with E-state index in [1.807, 2.05) is 18.2 Å². The number of rotatable bonds is 5. The molecule has 116 valence electrons. The van der Waals surface area contributed by atoms with Gasteiger partial charge >= 0.3 is 0 Å². The van der Waals surface area contributed by atoms with E-state index in [0.29, 0.717) is 6.04 Å². The summed E-state index contributed by atoms with van der Waals surface area (Å²) < 4.78 is 16.8. The van der Waals surface area contributed by atoms with Crippen LogP contribution in [0.1, 0.15) is 37.7 Å². The molecule has 1 N–H and O–H groups in total. The highest BCUT2D eigenvalue weighted by atomic mass is 16.5. The summed E-state index contributed by atoms with van der Waals surface area (Å²) in [5, 5.41) is 3.70. The van der Waals surface area contributed by atoms with Gasteiger partial charge in [0.05, 0.1) is 19.8 Å². The van der Waals surface area contributed by atoms with E-state index in [0.717, 1.165) is 30.2 Å². The number of ether oxygens (including phenoxy) is 3. The molecule has 2 unspecified atom stereocenters. The number of methoxy groups -OCH3 is 2. The second kappa shape index (κ2) is 6.24. The first kappa shape index (κ1) is 14.7.